The highest BCUT2D eigenvalue weighted by Crippen LogP contribution is 2.55. The first-order valence-corrected chi connectivity index (χ1v) is 27.1. The molecule has 12 rings (SSSR count). The van der Waals surface area contributed by atoms with Gasteiger partial charge in [-0.25, -0.2) is 0 Å². The van der Waals surface area contributed by atoms with Gasteiger partial charge in [-0.3, -0.25) is 0 Å². The van der Waals surface area contributed by atoms with Gasteiger partial charge in [0.2, 0.25) is 0 Å². The van der Waals surface area contributed by atoms with Crippen LogP contribution in [0.4, 0.5) is 33.4 Å². The molecule has 5 heteroatoms. The lowest BCUT2D eigenvalue weighted by atomic mass is 9.33. The van der Waals surface area contributed by atoms with Crippen LogP contribution in [0.2, 0.25) is 0 Å². The Morgan fingerprint density at radius 1 is 0.471 bits per heavy atom. The van der Waals surface area contributed by atoms with Crippen LogP contribution in [-0.2, 0) is 32.5 Å². The molecule has 0 bridgehead atoms. The van der Waals surface area contributed by atoms with E-state index in [1.54, 1.807) is 0 Å². The number of hydrogen-bond donors (Lipinski definition) is 0. The van der Waals surface area contributed by atoms with Gasteiger partial charge in [0.1, 0.15) is 0 Å². The van der Waals surface area contributed by atoms with E-state index in [0.717, 1.165) is 0 Å². The maximum Gasteiger partial charge on any atom is 0.254 e. The molecule has 0 unspecified atom stereocenters. The van der Waals surface area contributed by atoms with E-state index >= 15 is 0 Å². The summed E-state index contributed by atoms with van der Waals surface area (Å²) in [5, 5.41) is 5.51. The van der Waals surface area contributed by atoms with Crippen molar-refractivity contribution in [2.45, 2.75) is 162 Å². The van der Waals surface area contributed by atoms with E-state index in [2.05, 4.69) is 211 Å². The van der Waals surface area contributed by atoms with Gasteiger partial charge in [0.05, 0.1) is 10.7 Å². The van der Waals surface area contributed by atoms with Gasteiger partial charge in [0.15, 0.2) is 0 Å². The highest BCUT2D eigenvalue weighted by atomic mass is 32.1. The van der Waals surface area contributed by atoms with E-state index in [0.29, 0.717) is 0 Å². The molecule has 4 heterocycles. The third-order valence-corrected chi connectivity index (χ3v) is 19.6. The van der Waals surface area contributed by atoms with Crippen LogP contribution in [0.1, 0.15) is 162 Å². The van der Waals surface area contributed by atoms with Crippen LogP contribution in [0.5, 0.6) is 0 Å². The van der Waals surface area contributed by atoms with Gasteiger partial charge in [-0.1, -0.05) is 127 Å². The Morgan fingerprint density at radius 3 is 1.72 bits per heavy atom. The molecule has 0 radical (unpaired) electrons. The molecule has 2 nitrogen and oxygen atoms in total. The van der Waals surface area contributed by atoms with Crippen LogP contribution in [0, 0.1) is 6.92 Å². The molecule has 4 aliphatic rings. The summed E-state index contributed by atoms with van der Waals surface area (Å²) in [4.78, 5) is 5.42. The number of fused-ring (bicyclic) bond motifs is 11. The lowest BCUT2D eigenvalue weighted by Crippen LogP contribution is -2.61. The quantitative estimate of drug-likeness (QED) is 0.159. The first-order chi connectivity index (χ1) is 31.8. The zero-order valence-electron chi connectivity index (χ0n) is 43.4. The number of thiophene rings is 2. The Kier molecular flexibility index (Phi) is 9.24. The predicted octanol–water partition coefficient (Wildman–Crippen LogP) is 17.0. The average molecular weight is 929 g/mol. The molecule has 2 aliphatic heterocycles. The fraction of sp³-hybridized carbons (Fsp3) is 0.397. The van der Waals surface area contributed by atoms with Crippen LogP contribution in [0.25, 0.3) is 30.3 Å². The van der Waals surface area contributed by atoms with Gasteiger partial charge >= 0.3 is 0 Å². The van der Waals surface area contributed by atoms with Gasteiger partial charge in [0, 0.05) is 47.6 Å². The first kappa shape index (κ1) is 44.4. The molecule has 0 fully saturated rings. The van der Waals surface area contributed by atoms with Crippen molar-refractivity contribution in [2.75, 3.05) is 9.80 Å². The van der Waals surface area contributed by atoms with Crippen molar-refractivity contribution in [3.63, 3.8) is 0 Å². The zero-order valence-corrected chi connectivity index (χ0v) is 45.0. The van der Waals surface area contributed by atoms with Crippen LogP contribution >= 0.6 is 22.7 Å². The van der Waals surface area contributed by atoms with E-state index in [1.807, 2.05) is 22.7 Å². The molecule has 68 heavy (non-hydrogen) atoms. The number of anilines is 6. The molecule has 0 spiro atoms. The van der Waals surface area contributed by atoms with Crippen LogP contribution < -0.4 is 26.2 Å². The molecule has 0 N–H and O–H groups in total. The topological polar surface area (TPSA) is 6.48 Å². The van der Waals surface area contributed by atoms with Crippen molar-refractivity contribution in [1.29, 1.82) is 0 Å². The minimum Gasteiger partial charge on any atom is -0.311 e. The normalized spacial score (nSPS) is 18.7. The molecule has 2 aliphatic carbocycles. The minimum absolute atomic E-state index is 0.0305. The molecule has 6 aromatic carbocycles. The van der Waals surface area contributed by atoms with Crippen molar-refractivity contribution in [1.82, 2.24) is 0 Å². The zero-order chi connectivity index (χ0) is 48.0. The molecule has 346 valence electrons. The van der Waals surface area contributed by atoms with Gasteiger partial charge in [-0.05, 0) is 193 Å². The van der Waals surface area contributed by atoms with Crippen molar-refractivity contribution in [2.24, 2.45) is 0 Å². The summed E-state index contributed by atoms with van der Waals surface area (Å²) in [6.07, 6.45) is 4.79. The third kappa shape index (κ3) is 6.39. The summed E-state index contributed by atoms with van der Waals surface area (Å²) in [7, 11) is 0. The Morgan fingerprint density at radius 2 is 1.06 bits per heavy atom. The summed E-state index contributed by atoms with van der Waals surface area (Å²) in [5.74, 6) is 0. The van der Waals surface area contributed by atoms with E-state index in [9.17, 15) is 0 Å². The second-order valence-electron chi connectivity index (χ2n) is 26.0. The second kappa shape index (κ2) is 14.2. The van der Waals surface area contributed by atoms with Crippen molar-refractivity contribution in [3.8, 4) is 0 Å². The fourth-order valence-electron chi connectivity index (χ4n) is 12.9. The Balaban J connectivity index is 1.22. The maximum atomic E-state index is 2.72. The molecular weight excluding hydrogens is 860 g/mol. The standard InChI is InChI=1S/C63H69BN2S2/c1-36-29-49-56-50(30-36)66(47-17-16-18-52-54(47)40-31-37(58(2,3)4)20-24-51(40)67-52)48-32-38(59(5,6)7)19-23-46(48)64(56)55-41-34-44-45(63(14,15)28-27-62(44,12)13)35-53(41)68-57(55)65(49)39-21-22-42-43(33-39)61(10,11)26-25-60(42,8)9/h16-24,29-35H,25-28H2,1-15H3. The Labute approximate surface area is 414 Å². The average Bonchev–Trinajstić information content (AvgIpc) is 3.83. The molecule has 0 saturated heterocycles. The van der Waals surface area contributed by atoms with Crippen molar-refractivity contribution < 1.29 is 0 Å². The number of nitrogens with zero attached hydrogens (tertiary/aromatic N) is 2. The predicted molar refractivity (Wildman–Crippen MR) is 301 cm³/mol. The van der Waals surface area contributed by atoms with Crippen molar-refractivity contribution >= 4 is 109 Å². The number of aryl methyl sites for hydroxylation is 1. The molecule has 8 aromatic rings. The van der Waals surface area contributed by atoms with Gasteiger partial charge in [-0.15, -0.1) is 22.7 Å². The number of hydrogen-bond acceptors (Lipinski definition) is 4. The molecule has 0 atom stereocenters. The molecule has 2 aromatic heterocycles. The lowest BCUT2D eigenvalue weighted by molar-refractivity contribution is 0.332. The van der Waals surface area contributed by atoms with Gasteiger partial charge < -0.3 is 9.80 Å². The summed E-state index contributed by atoms with van der Waals surface area (Å²) in [6.45, 7) is 36.3. The maximum absolute atomic E-state index is 2.72. The minimum atomic E-state index is -0.0305. The Hall–Kier alpha value is -4.84. The summed E-state index contributed by atoms with van der Waals surface area (Å²) < 4.78 is 4.09. The van der Waals surface area contributed by atoms with E-state index in [-0.39, 0.29) is 39.2 Å². The highest BCUT2D eigenvalue weighted by Gasteiger charge is 2.48. The second-order valence-corrected chi connectivity index (χ2v) is 28.2. The van der Waals surface area contributed by atoms with E-state index in [4.69, 9.17) is 0 Å². The summed E-state index contributed by atoms with van der Waals surface area (Å²) >= 11 is 3.96. The third-order valence-electron chi connectivity index (χ3n) is 17.3. The molecular formula is C63H69BN2S2. The van der Waals surface area contributed by atoms with Crippen LogP contribution in [0.3, 0.4) is 0 Å². The summed E-state index contributed by atoms with van der Waals surface area (Å²) in [5.41, 5.74) is 21.3. The number of rotatable bonds is 2. The van der Waals surface area contributed by atoms with Gasteiger partial charge in [0.25, 0.3) is 6.71 Å². The van der Waals surface area contributed by atoms with Crippen molar-refractivity contribution in [3.05, 3.63) is 136 Å². The monoisotopic (exact) mass is 928 g/mol. The highest BCUT2D eigenvalue weighted by molar-refractivity contribution is 7.27. The largest absolute Gasteiger partial charge is 0.311 e. The SMILES string of the molecule is Cc1cc2c3c(c1)N(c1cccc4sc5ccc(C(C)(C)C)cc5c14)c1cc(C(C)(C)C)ccc1B3c1c(sc3cc4c(cc13)C(C)(C)CCC4(C)C)N2c1ccc2c(c1)C(C)(C)CCC2(C)C. The number of benzene rings is 6. The summed E-state index contributed by atoms with van der Waals surface area (Å²) in [6, 6.07) is 39.8. The van der Waals surface area contributed by atoms with E-state index in [1.165, 1.54) is 145 Å². The van der Waals surface area contributed by atoms with Crippen LogP contribution in [0.15, 0.2) is 97.1 Å². The van der Waals surface area contributed by atoms with Gasteiger partial charge in [-0.2, -0.15) is 0 Å². The first-order valence-electron chi connectivity index (χ1n) is 25.5. The van der Waals surface area contributed by atoms with E-state index < -0.39 is 0 Å². The smallest absolute Gasteiger partial charge is 0.254 e. The molecule has 0 saturated carbocycles. The molecule has 0 amide bonds. The lowest BCUT2D eigenvalue weighted by Gasteiger charge is -2.45. The fourth-order valence-corrected chi connectivity index (χ4v) is 15.3. The Bertz CT molecular complexity index is 3470. The van der Waals surface area contributed by atoms with Crippen LogP contribution in [-0.4, -0.2) is 6.71 Å².